The summed E-state index contributed by atoms with van der Waals surface area (Å²) in [5, 5.41) is 9.80. The van der Waals surface area contributed by atoms with Gasteiger partial charge in [-0.3, -0.25) is 14.9 Å². The van der Waals surface area contributed by atoms with Crippen LogP contribution in [0.5, 0.6) is 0 Å². The molecule has 3 aromatic rings. The van der Waals surface area contributed by atoms with Crippen LogP contribution in [0.4, 0.5) is 15.6 Å². The van der Waals surface area contributed by atoms with Crippen molar-refractivity contribution in [3.8, 4) is 0 Å². The number of hydrogen-bond acceptors (Lipinski definition) is 7. The SMILES string of the molecule is CCC(=O)NOC(=O)Cc1ccccc1NC(=O)c1csc(NC(=O)NCc2ccccc2)n1. The molecule has 176 valence electrons. The Bertz CT molecular complexity index is 1170. The molecule has 0 saturated carbocycles. The minimum atomic E-state index is -0.676. The third kappa shape index (κ3) is 7.41. The second kappa shape index (κ2) is 12.1. The van der Waals surface area contributed by atoms with Crippen molar-refractivity contribution in [3.05, 3.63) is 76.8 Å². The van der Waals surface area contributed by atoms with Crippen LogP contribution in [0.15, 0.2) is 60.0 Å². The fraction of sp³-hybridized carbons (Fsp3) is 0.174. The molecule has 1 heterocycles. The van der Waals surface area contributed by atoms with Crippen LogP contribution in [-0.2, 0) is 27.4 Å². The lowest BCUT2D eigenvalue weighted by molar-refractivity contribution is -0.157. The lowest BCUT2D eigenvalue weighted by Crippen LogP contribution is -2.28. The Labute approximate surface area is 199 Å². The number of benzene rings is 2. The number of carbonyl (C=O) groups excluding carboxylic acids is 4. The van der Waals surface area contributed by atoms with Gasteiger partial charge in [-0.2, -0.15) is 5.48 Å². The third-order valence-electron chi connectivity index (χ3n) is 4.45. The maximum Gasteiger partial charge on any atom is 0.336 e. The summed E-state index contributed by atoms with van der Waals surface area (Å²) in [7, 11) is 0. The zero-order valence-corrected chi connectivity index (χ0v) is 19.1. The Morgan fingerprint density at radius 1 is 0.971 bits per heavy atom. The van der Waals surface area contributed by atoms with E-state index in [1.165, 1.54) is 5.38 Å². The van der Waals surface area contributed by atoms with Gasteiger partial charge in [-0.25, -0.2) is 14.6 Å². The summed E-state index contributed by atoms with van der Waals surface area (Å²) in [6.45, 7) is 1.98. The number of urea groups is 1. The Balaban J connectivity index is 1.54. The molecule has 0 aliphatic heterocycles. The van der Waals surface area contributed by atoms with Crippen LogP contribution in [0.2, 0.25) is 0 Å². The largest absolute Gasteiger partial charge is 0.340 e. The van der Waals surface area contributed by atoms with E-state index in [1.54, 1.807) is 31.2 Å². The van der Waals surface area contributed by atoms with Gasteiger partial charge in [-0.15, -0.1) is 11.3 Å². The van der Waals surface area contributed by atoms with Crippen LogP contribution < -0.4 is 21.4 Å². The molecule has 0 bridgehead atoms. The molecule has 0 spiro atoms. The fourth-order valence-electron chi connectivity index (χ4n) is 2.72. The number of hydrogen-bond donors (Lipinski definition) is 4. The van der Waals surface area contributed by atoms with Crippen LogP contribution in [-0.4, -0.2) is 28.8 Å². The number of rotatable bonds is 8. The summed E-state index contributed by atoms with van der Waals surface area (Å²) in [5.41, 5.74) is 4.01. The average molecular weight is 482 g/mol. The topological polar surface area (TPSA) is 139 Å². The molecule has 0 aliphatic rings. The Morgan fingerprint density at radius 3 is 2.47 bits per heavy atom. The monoisotopic (exact) mass is 481 g/mol. The first-order valence-electron chi connectivity index (χ1n) is 10.4. The minimum Gasteiger partial charge on any atom is -0.340 e. The third-order valence-corrected chi connectivity index (χ3v) is 5.21. The lowest BCUT2D eigenvalue weighted by atomic mass is 10.1. The number of anilines is 2. The normalized spacial score (nSPS) is 10.1. The predicted octanol–water partition coefficient (Wildman–Crippen LogP) is 3.24. The molecular weight excluding hydrogens is 458 g/mol. The Hall–Kier alpha value is -4.25. The maximum absolute atomic E-state index is 12.6. The molecular formula is C23H23N5O5S. The fourth-order valence-corrected chi connectivity index (χ4v) is 3.40. The number of hydroxylamine groups is 1. The van der Waals surface area contributed by atoms with Gasteiger partial charge in [0.15, 0.2) is 5.13 Å². The molecule has 0 radical (unpaired) electrons. The van der Waals surface area contributed by atoms with E-state index in [9.17, 15) is 19.2 Å². The molecule has 10 nitrogen and oxygen atoms in total. The lowest BCUT2D eigenvalue weighted by Gasteiger charge is -2.10. The van der Waals surface area contributed by atoms with Crippen molar-refractivity contribution >= 4 is 46.0 Å². The van der Waals surface area contributed by atoms with E-state index in [-0.39, 0.29) is 23.7 Å². The molecule has 0 saturated heterocycles. The van der Waals surface area contributed by atoms with E-state index >= 15 is 0 Å². The van der Waals surface area contributed by atoms with Gasteiger partial charge >= 0.3 is 12.0 Å². The molecule has 4 N–H and O–H groups in total. The Kier molecular flexibility index (Phi) is 8.69. The first-order valence-corrected chi connectivity index (χ1v) is 11.2. The highest BCUT2D eigenvalue weighted by molar-refractivity contribution is 7.14. The number of aromatic nitrogens is 1. The molecule has 3 rings (SSSR count). The van der Waals surface area contributed by atoms with Gasteiger partial charge in [0.1, 0.15) is 5.69 Å². The van der Waals surface area contributed by atoms with E-state index in [1.807, 2.05) is 30.3 Å². The van der Waals surface area contributed by atoms with Gasteiger partial charge in [-0.05, 0) is 17.2 Å². The summed E-state index contributed by atoms with van der Waals surface area (Å²) >= 11 is 1.11. The van der Waals surface area contributed by atoms with Crippen molar-refractivity contribution in [2.45, 2.75) is 26.3 Å². The molecule has 1 aromatic heterocycles. The molecule has 0 atom stereocenters. The van der Waals surface area contributed by atoms with E-state index in [0.717, 1.165) is 16.9 Å². The number of para-hydroxylation sites is 1. The molecule has 4 amide bonds. The van der Waals surface area contributed by atoms with E-state index in [0.29, 0.717) is 17.8 Å². The van der Waals surface area contributed by atoms with Gasteiger partial charge in [-0.1, -0.05) is 55.5 Å². The van der Waals surface area contributed by atoms with Crippen LogP contribution >= 0.6 is 11.3 Å². The zero-order valence-electron chi connectivity index (χ0n) is 18.3. The minimum absolute atomic E-state index is 0.107. The standard InChI is InChI=1S/C23H23N5O5S/c1-2-19(29)28-33-20(30)12-16-10-6-7-11-17(16)25-21(31)18-14-34-23(26-18)27-22(32)24-13-15-8-4-3-5-9-15/h3-11,14H,2,12-13H2,1H3,(H,25,31)(H,28,29)(H2,24,26,27,32). The summed E-state index contributed by atoms with van der Waals surface area (Å²) in [5.74, 6) is -1.60. The van der Waals surface area contributed by atoms with E-state index in [4.69, 9.17) is 4.84 Å². The zero-order chi connectivity index (χ0) is 24.3. The number of carbonyl (C=O) groups is 4. The van der Waals surface area contributed by atoms with Gasteiger partial charge in [0.05, 0.1) is 6.42 Å². The molecule has 11 heteroatoms. The van der Waals surface area contributed by atoms with Crippen LogP contribution in [0, 0.1) is 0 Å². The van der Waals surface area contributed by atoms with Crippen molar-refractivity contribution < 1.29 is 24.0 Å². The maximum atomic E-state index is 12.6. The summed E-state index contributed by atoms with van der Waals surface area (Å²) < 4.78 is 0. The smallest absolute Gasteiger partial charge is 0.336 e. The van der Waals surface area contributed by atoms with Gasteiger partial charge in [0.25, 0.3) is 11.8 Å². The number of nitrogens with zero attached hydrogens (tertiary/aromatic N) is 1. The molecule has 0 fully saturated rings. The number of amides is 4. The first-order chi connectivity index (χ1) is 16.4. The highest BCUT2D eigenvalue weighted by atomic mass is 32.1. The van der Waals surface area contributed by atoms with E-state index < -0.39 is 23.8 Å². The molecule has 0 aliphatic carbocycles. The summed E-state index contributed by atoms with van der Waals surface area (Å²) in [4.78, 5) is 56.8. The summed E-state index contributed by atoms with van der Waals surface area (Å²) in [6, 6.07) is 15.7. The summed E-state index contributed by atoms with van der Waals surface area (Å²) in [6.07, 6.45) is 0.0189. The highest BCUT2D eigenvalue weighted by Gasteiger charge is 2.16. The molecule has 2 aromatic carbocycles. The van der Waals surface area contributed by atoms with Crippen molar-refractivity contribution in [1.82, 2.24) is 15.8 Å². The highest BCUT2D eigenvalue weighted by Crippen LogP contribution is 2.20. The first kappa shape index (κ1) is 24.4. The van der Waals surface area contributed by atoms with Crippen LogP contribution in [0.25, 0.3) is 0 Å². The Morgan fingerprint density at radius 2 is 1.71 bits per heavy atom. The van der Waals surface area contributed by atoms with Crippen LogP contribution in [0.3, 0.4) is 0 Å². The van der Waals surface area contributed by atoms with Crippen LogP contribution in [0.1, 0.15) is 35.0 Å². The van der Waals surface area contributed by atoms with Gasteiger partial charge in [0, 0.05) is 24.0 Å². The second-order valence-electron chi connectivity index (χ2n) is 6.97. The number of thiazole rings is 1. The molecule has 34 heavy (non-hydrogen) atoms. The van der Waals surface area contributed by atoms with Crippen molar-refractivity contribution in [2.24, 2.45) is 0 Å². The van der Waals surface area contributed by atoms with Gasteiger partial charge < -0.3 is 15.5 Å². The predicted molar refractivity (Wildman–Crippen MR) is 127 cm³/mol. The average Bonchev–Trinajstić information content (AvgIpc) is 3.31. The molecule has 0 unspecified atom stereocenters. The van der Waals surface area contributed by atoms with Gasteiger partial charge in [0.2, 0.25) is 0 Å². The second-order valence-corrected chi connectivity index (χ2v) is 7.83. The number of nitrogens with one attached hydrogen (secondary N) is 4. The van der Waals surface area contributed by atoms with Crippen molar-refractivity contribution in [3.63, 3.8) is 0 Å². The van der Waals surface area contributed by atoms with Crippen molar-refractivity contribution in [2.75, 3.05) is 10.6 Å². The van der Waals surface area contributed by atoms with E-state index in [2.05, 4.69) is 26.4 Å². The van der Waals surface area contributed by atoms with Crippen molar-refractivity contribution in [1.29, 1.82) is 0 Å². The quantitative estimate of drug-likeness (QED) is 0.364.